The monoisotopic (exact) mass is 376 g/mol. The summed E-state index contributed by atoms with van der Waals surface area (Å²) in [6.07, 6.45) is 3.92. The molecule has 0 spiro atoms. The Balaban J connectivity index is 1.70. The summed E-state index contributed by atoms with van der Waals surface area (Å²) < 4.78 is 10.9. The number of hydrogen-bond donors (Lipinski definition) is 1. The van der Waals surface area contributed by atoms with Gasteiger partial charge in [0.15, 0.2) is 5.96 Å². The highest BCUT2D eigenvalue weighted by atomic mass is 32.1. The SMILES string of the molecule is CCc1cnc(CCNC(=NC)N(C)CCOc2ccc(OC)cc2)s1. The van der Waals surface area contributed by atoms with Gasteiger partial charge in [-0.3, -0.25) is 4.99 Å². The van der Waals surface area contributed by atoms with Crippen LogP contribution in [0.15, 0.2) is 35.5 Å². The Morgan fingerprint density at radius 2 is 2.00 bits per heavy atom. The third kappa shape index (κ3) is 6.22. The fourth-order valence-corrected chi connectivity index (χ4v) is 3.23. The second kappa shape index (κ2) is 10.7. The van der Waals surface area contributed by atoms with Gasteiger partial charge < -0.3 is 19.7 Å². The van der Waals surface area contributed by atoms with Crippen molar-refractivity contribution in [3.8, 4) is 11.5 Å². The molecule has 0 unspecified atom stereocenters. The van der Waals surface area contributed by atoms with Crippen LogP contribution in [0.25, 0.3) is 0 Å². The van der Waals surface area contributed by atoms with E-state index in [0.29, 0.717) is 6.61 Å². The largest absolute Gasteiger partial charge is 0.497 e. The van der Waals surface area contributed by atoms with Crippen molar-refractivity contribution in [3.05, 3.63) is 40.3 Å². The van der Waals surface area contributed by atoms with Gasteiger partial charge in [-0.05, 0) is 30.7 Å². The Labute approximate surface area is 159 Å². The van der Waals surface area contributed by atoms with Crippen molar-refractivity contribution in [3.63, 3.8) is 0 Å². The predicted octanol–water partition coefficient (Wildman–Crippen LogP) is 2.84. The van der Waals surface area contributed by atoms with Gasteiger partial charge in [-0.25, -0.2) is 4.98 Å². The zero-order valence-electron chi connectivity index (χ0n) is 16.0. The lowest BCUT2D eigenvalue weighted by Gasteiger charge is -2.22. The molecule has 1 N–H and O–H groups in total. The summed E-state index contributed by atoms with van der Waals surface area (Å²) in [4.78, 5) is 12.2. The van der Waals surface area contributed by atoms with Crippen LogP contribution in [0.1, 0.15) is 16.8 Å². The van der Waals surface area contributed by atoms with E-state index < -0.39 is 0 Å². The maximum atomic E-state index is 5.77. The van der Waals surface area contributed by atoms with Crippen LogP contribution >= 0.6 is 11.3 Å². The Morgan fingerprint density at radius 3 is 2.62 bits per heavy atom. The second-order valence-corrected chi connectivity index (χ2v) is 6.94. The molecule has 1 heterocycles. The zero-order chi connectivity index (χ0) is 18.8. The summed E-state index contributed by atoms with van der Waals surface area (Å²) >= 11 is 1.78. The molecule has 2 aromatic rings. The van der Waals surface area contributed by atoms with Gasteiger partial charge in [0.05, 0.1) is 18.7 Å². The van der Waals surface area contributed by atoms with E-state index in [1.165, 1.54) is 4.88 Å². The molecule has 0 aliphatic heterocycles. The van der Waals surface area contributed by atoms with Gasteiger partial charge in [0.2, 0.25) is 0 Å². The van der Waals surface area contributed by atoms with E-state index in [1.54, 1.807) is 25.5 Å². The number of nitrogens with one attached hydrogen (secondary N) is 1. The van der Waals surface area contributed by atoms with Gasteiger partial charge in [0, 0.05) is 38.1 Å². The summed E-state index contributed by atoms with van der Waals surface area (Å²) in [7, 11) is 5.45. The maximum Gasteiger partial charge on any atom is 0.193 e. The van der Waals surface area contributed by atoms with Crippen LogP contribution in [0.2, 0.25) is 0 Å². The van der Waals surface area contributed by atoms with E-state index in [4.69, 9.17) is 9.47 Å². The molecule has 0 radical (unpaired) electrons. The predicted molar refractivity (Wildman–Crippen MR) is 108 cm³/mol. The molecule has 0 aliphatic carbocycles. The Morgan fingerprint density at radius 1 is 1.27 bits per heavy atom. The van der Waals surface area contributed by atoms with Crippen molar-refractivity contribution < 1.29 is 9.47 Å². The van der Waals surface area contributed by atoms with Crippen LogP contribution in [0.5, 0.6) is 11.5 Å². The highest BCUT2D eigenvalue weighted by Gasteiger charge is 2.07. The Kier molecular flexibility index (Phi) is 8.21. The first-order chi connectivity index (χ1) is 12.7. The molecule has 6 nitrogen and oxygen atoms in total. The number of benzene rings is 1. The molecular weight excluding hydrogens is 348 g/mol. The van der Waals surface area contributed by atoms with Crippen molar-refractivity contribution in [1.29, 1.82) is 0 Å². The highest BCUT2D eigenvalue weighted by molar-refractivity contribution is 7.11. The summed E-state index contributed by atoms with van der Waals surface area (Å²) in [5.41, 5.74) is 0. The topological polar surface area (TPSA) is 59.0 Å². The van der Waals surface area contributed by atoms with Gasteiger partial charge in [0.25, 0.3) is 0 Å². The molecule has 0 fully saturated rings. The van der Waals surface area contributed by atoms with Crippen LogP contribution in [0, 0.1) is 0 Å². The van der Waals surface area contributed by atoms with E-state index >= 15 is 0 Å². The molecule has 26 heavy (non-hydrogen) atoms. The van der Waals surface area contributed by atoms with E-state index in [-0.39, 0.29) is 0 Å². The number of guanidine groups is 1. The average Bonchev–Trinajstić information content (AvgIpc) is 3.13. The lowest BCUT2D eigenvalue weighted by Crippen LogP contribution is -2.41. The summed E-state index contributed by atoms with van der Waals surface area (Å²) in [6, 6.07) is 7.60. The van der Waals surface area contributed by atoms with Crippen LogP contribution in [0.3, 0.4) is 0 Å². The number of thiazole rings is 1. The van der Waals surface area contributed by atoms with Crippen LogP contribution in [0.4, 0.5) is 0 Å². The fraction of sp³-hybridized carbons (Fsp3) is 0.474. The molecule has 7 heteroatoms. The Bertz CT molecular complexity index is 685. The van der Waals surface area contributed by atoms with Gasteiger partial charge in [0.1, 0.15) is 18.1 Å². The fourth-order valence-electron chi connectivity index (χ4n) is 2.37. The van der Waals surface area contributed by atoms with E-state index in [1.807, 2.05) is 37.5 Å². The lowest BCUT2D eigenvalue weighted by molar-refractivity contribution is 0.281. The second-order valence-electron chi connectivity index (χ2n) is 5.74. The number of aromatic nitrogens is 1. The third-order valence-corrected chi connectivity index (χ3v) is 5.10. The minimum atomic E-state index is 0.579. The number of likely N-dealkylation sites (N-methyl/N-ethyl adjacent to an activating group) is 1. The summed E-state index contributed by atoms with van der Waals surface area (Å²) in [5.74, 6) is 2.51. The molecule has 2 rings (SSSR count). The van der Waals surface area contributed by atoms with Crippen molar-refractivity contribution >= 4 is 17.3 Å². The van der Waals surface area contributed by atoms with E-state index in [2.05, 4.69) is 27.1 Å². The number of rotatable bonds is 9. The third-order valence-electron chi connectivity index (χ3n) is 3.90. The van der Waals surface area contributed by atoms with Crippen LogP contribution in [-0.4, -0.2) is 56.7 Å². The molecule has 0 amide bonds. The van der Waals surface area contributed by atoms with Gasteiger partial charge in [-0.15, -0.1) is 11.3 Å². The van der Waals surface area contributed by atoms with Crippen molar-refractivity contribution in [1.82, 2.24) is 15.2 Å². The molecule has 1 aromatic heterocycles. The van der Waals surface area contributed by atoms with Crippen LogP contribution in [-0.2, 0) is 12.8 Å². The first-order valence-electron chi connectivity index (χ1n) is 8.78. The van der Waals surface area contributed by atoms with Crippen molar-refractivity contribution in [2.45, 2.75) is 19.8 Å². The van der Waals surface area contributed by atoms with Crippen molar-refractivity contribution in [2.75, 3.05) is 40.9 Å². The van der Waals surface area contributed by atoms with Crippen LogP contribution < -0.4 is 14.8 Å². The maximum absolute atomic E-state index is 5.77. The normalized spacial score (nSPS) is 11.3. The minimum absolute atomic E-state index is 0.579. The number of nitrogens with zero attached hydrogens (tertiary/aromatic N) is 3. The summed E-state index contributed by atoms with van der Waals surface area (Å²) in [5, 5.41) is 4.54. The quantitative estimate of drug-likeness (QED) is 0.539. The molecule has 0 saturated heterocycles. The van der Waals surface area contributed by atoms with Crippen molar-refractivity contribution in [2.24, 2.45) is 4.99 Å². The summed E-state index contributed by atoms with van der Waals surface area (Å²) in [6.45, 7) is 4.28. The van der Waals surface area contributed by atoms with Gasteiger partial charge >= 0.3 is 0 Å². The molecule has 0 saturated carbocycles. The standard InChI is InChI=1S/C19H28N4O2S/c1-5-17-14-22-18(26-17)10-11-21-19(20-2)23(3)12-13-25-16-8-6-15(24-4)7-9-16/h6-9,14H,5,10-13H2,1-4H3,(H,20,21). The number of aryl methyl sites for hydroxylation is 1. The zero-order valence-corrected chi connectivity index (χ0v) is 16.8. The van der Waals surface area contributed by atoms with Gasteiger partial charge in [-0.2, -0.15) is 0 Å². The molecule has 1 aromatic carbocycles. The molecule has 0 atom stereocenters. The molecule has 0 aliphatic rings. The molecule has 142 valence electrons. The minimum Gasteiger partial charge on any atom is -0.497 e. The number of aliphatic imine (C=N–C) groups is 1. The van der Waals surface area contributed by atoms with E-state index in [0.717, 1.165) is 48.4 Å². The smallest absolute Gasteiger partial charge is 0.193 e. The van der Waals surface area contributed by atoms with E-state index in [9.17, 15) is 0 Å². The van der Waals surface area contributed by atoms with Gasteiger partial charge in [-0.1, -0.05) is 6.92 Å². The Hall–Kier alpha value is -2.28. The highest BCUT2D eigenvalue weighted by Crippen LogP contribution is 2.17. The molecular formula is C19H28N4O2S. The number of ether oxygens (including phenoxy) is 2. The first kappa shape index (κ1) is 20.0. The molecule has 0 bridgehead atoms. The lowest BCUT2D eigenvalue weighted by atomic mass is 10.3. The number of hydrogen-bond acceptors (Lipinski definition) is 5. The number of methoxy groups -OCH3 is 1. The average molecular weight is 377 g/mol. The first-order valence-corrected chi connectivity index (χ1v) is 9.60.